The van der Waals surface area contributed by atoms with E-state index in [4.69, 9.17) is 0 Å². The molecule has 37 heavy (non-hydrogen) atoms. The topological polar surface area (TPSA) is 0 Å². The number of fused-ring (bicyclic) bond motifs is 3. The van der Waals surface area contributed by atoms with Gasteiger partial charge in [0.15, 0.2) is 0 Å². The quantitative estimate of drug-likeness (QED) is 0.115. The lowest BCUT2D eigenvalue weighted by atomic mass is 10.1. The summed E-state index contributed by atoms with van der Waals surface area (Å²) in [5.41, 5.74) is 2.88. The standard InChI is InChI=1S/C32H32S5/c1-3-5-7-9-11-23-17-25(33-21-23)13-15-27-19-29-31(35-27)32-30(37-29)20-28(36-32)16-14-26-18-24(22-34-26)12-10-8-6-4-2/h17-22H,3-12H2,1-2H3. The van der Waals surface area contributed by atoms with Gasteiger partial charge in [0.25, 0.3) is 0 Å². The van der Waals surface area contributed by atoms with Gasteiger partial charge in [-0.3, -0.25) is 0 Å². The third kappa shape index (κ3) is 7.17. The Morgan fingerprint density at radius 1 is 0.514 bits per heavy atom. The van der Waals surface area contributed by atoms with Crippen LogP contribution in [0.5, 0.6) is 0 Å². The fourth-order valence-corrected chi connectivity index (χ4v) is 9.68. The van der Waals surface area contributed by atoms with E-state index >= 15 is 0 Å². The van der Waals surface area contributed by atoms with Gasteiger partial charge in [0.1, 0.15) is 0 Å². The first kappa shape index (κ1) is 26.7. The molecule has 0 unspecified atom stereocenters. The van der Waals surface area contributed by atoms with Crippen molar-refractivity contribution in [3.8, 4) is 23.7 Å². The first-order chi connectivity index (χ1) is 18.2. The summed E-state index contributed by atoms with van der Waals surface area (Å²) >= 11 is 9.08. The minimum atomic E-state index is 1.16. The Morgan fingerprint density at radius 3 is 1.43 bits per heavy atom. The van der Waals surface area contributed by atoms with Crippen LogP contribution in [0.3, 0.4) is 0 Å². The minimum Gasteiger partial charge on any atom is -0.135 e. The second-order valence-corrected chi connectivity index (χ2v) is 14.5. The zero-order valence-corrected chi connectivity index (χ0v) is 25.7. The second-order valence-electron chi connectivity index (χ2n) is 9.47. The first-order valence-electron chi connectivity index (χ1n) is 13.4. The van der Waals surface area contributed by atoms with E-state index in [1.165, 1.54) is 104 Å². The van der Waals surface area contributed by atoms with Gasteiger partial charge in [-0.1, -0.05) is 52.4 Å². The summed E-state index contributed by atoms with van der Waals surface area (Å²) in [5, 5.41) is 4.57. The Labute approximate surface area is 241 Å². The third-order valence-electron chi connectivity index (χ3n) is 6.39. The maximum absolute atomic E-state index is 3.43. The van der Waals surface area contributed by atoms with Crippen molar-refractivity contribution in [2.45, 2.75) is 78.1 Å². The Hall–Kier alpha value is -1.86. The molecule has 5 rings (SSSR count). The van der Waals surface area contributed by atoms with E-state index < -0.39 is 0 Å². The molecule has 0 saturated carbocycles. The van der Waals surface area contributed by atoms with Crippen molar-refractivity contribution in [2.24, 2.45) is 0 Å². The number of aryl methyl sites for hydroxylation is 2. The van der Waals surface area contributed by atoms with Crippen LogP contribution in [0.1, 0.15) is 95.8 Å². The van der Waals surface area contributed by atoms with E-state index in [9.17, 15) is 0 Å². The summed E-state index contributed by atoms with van der Waals surface area (Å²) in [4.78, 5) is 4.68. The minimum absolute atomic E-state index is 1.16. The van der Waals surface area contributed by atoms with Gasteiger partial charge in [-0.25, -0.2) is 0 Å². The summed E-state index contributed by atoms with van der Waals surface area (Å²) in [6.45, 7) is 4.53. The van der Waals surface area contributed by atoms with Crippen molar-refractivity contribution in [1.82, 2.24) is 0 Å². The van der Waals surface area contributed by atoms with Gasteiger partial charge in [-0.2, -0.15) is 0 Å². The second kappa shape index (κ2) is 13.3. The molecule has 5 heterocycles. The maximum Gasteiger partial charge on any atom is 0.0794 e. The molecular weight excluding hydrogens is 545 g/mol. The molecule has 5 aromatic heterocycles. The van der Waals surface area contributed by atoms with Crippen LogP contribution in [0, 0.1) is 23.7 Å². The van der Waals surface area contributed by atoms with Gasteiger partial charge in [0.05, 0.1) is 28.9 Å². The number of thiophene rings is 5. The van der Waals surface area contributed by atoms with Crippen LogP contribution in [0.2, 0.25) is 0 Å². The Kier molecular flexibility index (Phi) is 9.59. The maximum atomic E-state index is 3.43. The highest BCUT2D eigenvalue weighted by molar-refractivity contribution is 7.38. The van der Waals surface area contributed by atoms with Gasteiger partial charge in [0.2, 0.25) is 0 Å². The number of hydrogen-bond donors (Lipinski definition) is 0. The lowest BCUT2D eigenvalue weighted by molar-refractivity contribution is 0.667. The molecule has 0 saturated heterocycles. The van der Waals surface area contributed by atoms with Crippen LogP contribution in [0.25, 0.3) is 18.8 Å². The average Bonchev–Trinajstić information content (AvgIpc) is 3.70. The fraction of sp³-hybridized carbons (Fsp3) is 0.375. The van der Waals surface area contributed by atoms with E-state index in [0.717, 1.165) is 9.75 Å². The summed E-state index contributed by atoms with van der Waals surface area (Å²) in [6.07, 6.45) is 12.9. The molecule has 5 aromatic rings. The predicted octanol–water partition coefficient (Wildman–Crippen LogP) is 11.3. The van der Waals surface area contributed by atoms with Gasteiger partial charge in [-0.05, 0) is 95.5 Å². The monoisotopic (exact) mass is 576 g/mol. The first-order valence-corrected chi connectivity index (χ1v) is 17.6. The molecular formula is C32H32S5. The predicted molar refractivity (Wildman–Crippen MR) is 171 cm³/mol. The zero-order valence-electron chi connectivity index (χ0n) is 21.6. The van der Waals surface area contributed by atoms with Crippen molar-refractivity contribution in [2.75, 3.05) is 0 Å². The molecule has 0 fully saturated rings. The number of unbranched alkanes of at least 4 members (excludes halogenated alkanes) is 6. The SMILES string of the molecule is CCCCCCc1csc(C#Cc2cc3sc4cc(C#Cc5cc(CCCCCC)cs5)sc4c3s2)c1. The molecule has 0 atom stereocenters. The average molecular weight is 577 g/mol. The van der Waals surface area contributed by atoms with E-state index in [1.807, 2.05) is 34.0 Å². The molecule has 0 radical (unpaired) electrons. The molecule has 0 nitrogen and oxygen atoms in total. The van der Waals surface area contributed by atoms with E-state index in [-0.39, 0.29) is 0 Å². The van der Waals surface area contributed by atoms with Crippen molar-refractivity contribution < 1.29 is 0 Å². The van der Waals surface area contributed by atoms with Crippen LogP contribution in [0.4, 0.5) is 0 Å². The van der Waals surface area contributed by atoms with Crippen LogP contribution in [-0.2, 0) is 12.8 Å². The van der Waals surface area contributed by atoms with E-state index in [1.54, 1.807) is 22.7 Å². The summed E-state index contributed by atoms with van der Waals surface area (Å²) < 4.78 is 5.44. The molecule has 190 valence electrons. The lowest BCUT2D eigenvalue weighted by Gasteiger charge is -1.96. The molecule has 0 bridgehead atoms. The molecule has 0 aliphatic heterocycles. The fourth-order valence-electron chi connectivity index (χ4n) is 4.36. The zero-order chi connectivity index (χ0) is 25.5. The summed E-state index contributed by atoms with van der Waals surface area (Å²) in [6, 6.07) is 9.10. The van der Waals surface area contributed by atoms with Crippen molar-refractivity contribution in [3.63, 3.8) is 0 Å². The van der Waals surface area contributed by atoms with Crippen molar-refractivity contribution >= 4 is 75.5 Å². The van der Waals surface area contributed by atoms with Gasteiger partial charge in [0, 0.05) is 9.40 Å². The smallest absolute Gasteiger partial charge is 0.0794 e. The van der Waals surface area contributed by atoms with Crippen LogP contribution < -0.4 is 0 Å². The highest BCUT2D eigenvalue weighted by atomic mass is 32.1. The largest absolute Gasteiger partial charge is 0.135 e. The molecule has 0 aliphatic carbocycles. The van der Waals surface area contributed by atoms with Gasteiger partial charge >= 0.3 is 0 Å². The summed E-state index contributed by atoms with van der Waals surface area (Å²) in [7, 11) is 0. The molecule has 0 aliphatic rings. The van der Waals surface area contributed by atoms with E-state index in [2.05, 4.69) is 72.6 Å². The molecule has 0 spiro atoms. The molecule has 0 amide bonds. The Balaban J connectivity index is 1.24. The molecule has 0 N–H and O–H groups in total. The van der Waals surface area contributed by atoms with Crippen LogP contribution in [-0.4, -0.2) is 0 Å². The Bertz CT molecular complexity index is 1460. The van der Waals surface area contributed by atoms with Gasteiger partial charge in [-0.15, -0.1) is 56.7 Å². The molecule has 5 heteroatoms. The highest BCUT2D eigenvalue weighted by Gasteiger charge is 2.12. The lowest BCUT2D eigenvalue weighted by Crippen LogP contribution is -1.82. The van der Waals surface area contributed by atoms with Crippen LogP contribution in [0.15, 0.2) is 35.0 Å². The van der Waals surface area contributed by atoms with E-state index in [0.29, 0.717) is 0 Å². The number of hydrogen-bond acceptors (Lipinski definition) is 5. The van der Waals surface area contributed by atoms with Crippen LogP contribution >= 0.6 is 56.7 Å². The Morgan fingerprint density at radius 2 is 0.973 bits per heavy atom. The third-order valence-corrected chi connectivity index (χ3v) is 11.8. The highest BCUT2D eigenvalue weighted by Crippen LogP contribution is 2.43. The number of rotatable bonds is 10. The molecule has 0 aromatic carbocycles. The van der Waals surface area contributed by atoms with Gasteiger partial charge < -0.3 is 0 Å². The van der Waals surface area contributed by atoms with Crippen molar-refractivity contribution in [3.05, 3.63) is 65.7 Å². The summed E-state index contributed by atoms with van der Waals surface area (Å²) in [5.74, 6) is 13.7. The van der Waals surface area contributed by atoms with Crippen molar-refractivity contribution in [1.29, 1.82) is 0 Å². The normalized spacial score (nSPS) is 11.1.